The summed E-state index contributed by atoms with van der Waals surface area (Å²) >= 11 is 0. The molecule has 0 aromatic heterocycles. The maximum absolute atomic E-state index is 13.5. The summed E-state index contributed by atoms with van der Waals surface area (Å²) in [6, 6.07) is 24.3. The van der Waals surface area contributed by atoms with Crippen LogP contribution in [0.1, 0.15) is 34.8 Å². The first-order valence-electron chi connectivity index (χ1n) is 13.8. The van der Waals surface area contributed by atoms with Gasteiger partial charge in [-0.1, -0.05) is 60.7 Å². The third-order valence-electron chi connectivity index (χ3n) is 7.85. The second-order valence-corrected chi connectivity index (χ2v) is 10.8. The Morgan fingerprint density at radius 3 is 2.11 bits per heavy atom. The van der Waals surface area contributed by atoms with Crippen LogP contribution in [0.4, 0.5) is 24.5 Å². The van der Waals surface area contributed by atoms with Crippen LogP contribution in [0.15, 0.2) is 84.9 Å². The van der Waals surface area contributed by atoms with Crippen molar-refractivity contribution < 1.29 is 46.8 Å². The molecule has 3 saturated heterocycles. The number of fused-ring (bicyclic) bond motifs is 3. The Hall–Kier alpha value is -4.78. The number of para-hydroxylation sites is 1. The van der Waals surface area contributed by atoms with Gasteiger partial charge in [0.05, 0.1) is 18.0 Å². The molecule has 0 spiro atoms. The van der Waals surface area contributed by atoms with Gasteiger partial charge in [-0.05, 0) is 17.7 Å². The third kappa shape index (κ3) is 8.19. The molecule has 13 heteroatoms. The third-order valence-corrected chi connectivity index (χ3v) is 7.85. The van der Waals surface area contributed by atoms with Gasteiger partial charge >= 0.3 is 12.1 Å². The highest BCUT2D eigenvalue weighted by Gasteiger charge is 2.49. The van der Waals surface area contributed by atoms with E-state index in [1.165, 1.54) is 12.1 Å². The van der Waals surface area contributed by atoms with E-state index in [1.807, 2.05) is 60.7 Å². The molecule has 0 aliphatic carbocycles. The number of carboxylic acid groups (broad SMARTS) is 1. The maximum Gasteiger partial charge on any atom is 0.430 e. The number of benzene rings is 3. The molecular formula is C31H30F3N3O7. The summed E-state index contributed by atoms with van der Waals surface area (Å²) in [7, 11) is 0. The number of quaternary nitrogens is 1. The molecule has 0 radical (unpaired) electrons. The van der Waals surface area contributed by atoms with Gasteiger partial charge in [0, 0.05) is 42.1 Å². The highest BCUT2D eigenvalue weighted by atomic mass is 19.4. The zero-order valence-corrected chi connectivity index (χ0v) is 23.4. The molecule has 3 aliphatic heterocycles. The molecule has 1 N–H and O–H groups in total. The van der Waals surface area contributed by atoms with E-state index in [-0.39, 0.29) is 36.0 Å². The van der Waals surface area contributed by atoms with Crippen molar-refractivity contribution in [3.8, 4) is 0 Å². The number of Topliss-reactive ketones (excluding diaryl/α,β-unsaturated/α-hetero) is 1. The average Bonchev–Trinajstić information content (AvgIpc) is 3.01. The van der Waals surface area contributed by atoms with Crippen molar-refractivity contribution in [2.45, 2.75) is 31.2 Å². The molecule has 44 heavy (non-hydrogen) atoms. The lowest BCUT2D eigenvalue weighted by Crippen LogP contribution is -2.65. The highest BCUT2D eigenvalue weighted by molar-refractivity contribution is 5.97. The van der Waals surface area contributed by atoms with Crippen molar-refractivity contribution in [3.63, 3.8) is 0 Å². The van der Waals surface area contributed by atoms with Gasteiger partial charge in [0.1, 0.15) is 19.1 Å². The van der Waals surface area contributed by atoms with Crippen LogP contribution in [-0.2, 0) is 14.3 Å². The maximum atomic E-state index is 13.5. The monoisotopic (exact) mass is 613 g/mol. The first-order valence-corrected chi connectivity index (χ1v) is 13.8. The van der Waals surface area contributed by atoms with E-state index < -0.39 is 23.1 Å². The van der Waals surface area contributed by atoms with Crippen molar-refractivity contribution in [1.29, 1.82) is 0 Å². The van der Waals surface area contributed by atoms with E-state index >= 15 is 0 Å². The Morgan fingerprint density at radius 2 is 1.55 bits per heavy atom. The number of nitrogens with zero attached hydrogens (tertiary/aromatic N) is 2. The van der Waals surface area contributed by atoms with E-state index in [9.17, 15) is 32.9 Å². The number of hydrogen-bond donors (Lipinski definition) is 1. The molecule has 0 unspecified atom stereocenters. The van der Waals surface area contributed by atoms with Crippen molar-refractivity contribution >= 4 is 29.1 Å². The Labute approximate surface area is 250 Å². The SMILES string of the molecule is O=C(C[N+]12CCC(CC1)[C@@H](OC(=O)[C@H](Nc1ccccc1)c1ccccc1)C2)c1cccc([N+](=O)[O-])c1.O=C([O-])C(F)(F)F. The molecule has 3 fully saturated rings. The minimum absolute atomic E-state index is 0.0899. The number of ketones is 1. The Morgan fingerprint density at radius 1 is 0.955 bits per heavy atom. The fraction of sp³-hybridized carbons (Fsp3) is 0.323. The minimum atomic E-state index is -5.19. The van der Waals surface area contributed by atoms with Crippen molar-refractivity contribution in [2.75, 3.05) is 31.5 Å². The molecule has 2 atom stereocenters. The van der Waals surface area contributed by atoms with Gasteiger partial charge in [-0.3, -0.25) is 14.9 Å². The summed E-state index contributed by atoms with van der Waals surface area (Å²) < 4.78 is 38.2. The number of carbonyl (C=O) groups is 3. The van der Waals surface area contributed by atoms with Crippen molar-refractivity contribution in [1.82, 2.24) is 0 Å². The average molecular weight is 614 g/mol. The number of carboxylic acids is 1. The lowest BCUT2D eigenvalue weighted by molar-refractivity contribution is -0.938. The van der Waals surface area contributed by atoms with Crippen molar-refractivity contribution in [3.05, 3.63) is 106 Å². The van der Waals surface area contributed by atoms with Gasteiger partial charge in [-0.25, -0.2) is 4.79 Å². The highest BCUT2D eigenvalue weighted by Crippen LogP contribution is 2.37. The van der Waals surface area contributed by atoms with Crippen LogP contribution in [0.2, 0.25) is 0 Å². The Balaban J connectivity index is 0.000000566. The lowest BCUT2D eigenvalue weighted by atomic mass is 9.82. The summed E-state index contributed by atoms with van der Waals surface area (Å²) in [5.74, 6) is -3.20. The quantitative estimate of drug-likeness (QED) is 0.125. The molecule has 3 aliphatic rings. The van der Waals surface area contributed by atoms with Gasteiger partial charge in [-0.2, -0.15) is 13.2 Å². The lowest BCUT2D eigenvalue weighted by Gasteiger charge is -2.51. The summed E-state index contributed by atoms with van der Waals surface area (Å²) in [5.41, 5.74) is 1.91. The predicted octanol–water partition coefficient (Wildman–Crippen LogP) is 4.08. The first kappa shape index (κ1) is 32.1. The van der Waals surface area contributed by atoms with E-state index in [1.54, 1.807) is 12.1 Å². The number of anilines is 1. The number of non-ortho nitro benzene ring substituents is 1. The normalized spacial score (nSPS) is 21.2. The van der Waals surface area contributed by atoms with E-state index in [2.05, 4.69) is 5.32 Å². The van der Waals surface area contributed by atoms with Crippen LogP contribution in [0, 0.1) is 16.0 Å². The van der Waals surface area contributed by atoms with E-state index in [0.717, 1.165) is 37.2 Å². The molecular weight excluding hydrogens is 583 g/mol. The number of aliphatic carboxylic acids is 1. The number of rotatable bonds is 9. The van der Waals surface area contributed by atoms with Gasteiger partial charge in [-0.15, -0.1) is 0 Å². The van der Waals surface area contributed by atoms with Crippen LogP contribution < -0.4 is 10.4 Å². The molecule has 2 bridgehead atoms. The number of ether oxygens (including phenoxy) is 1. The smallest absolute Gasteiger partial charge is 0.430 e. The Kier molecular flexibility index (Phi) is 9.99. The number of halogens is 3. The number of piperidine rings is 3. The zero-order valence-electron chi connectivity index (χ0n) is 23.4. The van der Waals surface area contributed by atoms with E-state index in [4.69, 9.17) is 14.6 Å². The fourth-order valence-corrected chi connectivity index (χ4v) is 5.61. The molecule has 6 rings (SSSR count). The molecule has 232 valence electrons. The topological polar surface area (TPSA) is 139 Å². The van der Waals surface area contributed by atoms with Gasteiger partial charge in [0.15, 0.2) is 12.1 Å². The second-order valence-electron chi connectivity index (χ2n) is 10.8. The summed E-state index contributed by atoms with van der Waals surface area (Å²) in [6.07, 6.45) is -3.72. The fourth-order valence-electron chi connectivity index (χ4n) is 5.61. The van der Waals surface area contributed by atoms with Crippen LogP contribution in [-0.4, -0.2) is 65.6 Å². The summed E-state index contributed by atoms with van der Waals surface area (Å²) in [6.45, 7) is 2.49. The number of esters is 1. The molecule has 3 heterocycles. The predicted molar refractivity (Wildman–Crippen MR) is 150 cm³/mol. The number of nitro groups is 1. The van der Waals surface area contributed by atoms with Gasteiger partial charge < -0.3 is 24.4 Å². The number of alkyl halides is 3. The summed E-state index contributed by atoms with van der Waals surface area (Å²) in [4.78, 5) is 46.1. The van der Waals surface area contributed by atoms with Gasteiger partial charge in [0.2, 0.25) is 5.78 Å². The number of hydrogen-bond acceptors (Lipinski definition) is 8. The molecule has 3 aromatic carbocycles. The standard InChI is InChI=1S/C29H30N3O5.C2HF3O2/c33-26(23-10-7-13-25(18-23)31(35)36)19-32-16-14-21(15-17-32)27(20-32)37-29(34)28(22-8-3-1-4-9-22)30-24-11-5-2-6-12-24;3-2(4,5)1(6)7/h1-13,18,21,27-28,30H,14-17,19-20H2;(H,6,7)/q+1;/p-1/t21?,27-,28+,32?;/m0./s1. The van der Waals surface area contributed by atoms with Crippen LogP contribution in [0.25, 0.3) is 0 Å². The van der Waals surface area contributed by atoms with Crippen LogP contribution >= 0.6 is 0 Å². The number of carbonyl (C=O) groups excluding carboxylic acids is 3. The minimum Gasteiger partial charge on any atom is -0.542 e. The number of nitrogens with one attached hydrogen (secondary N) is 1. The first-order chi connectivity index (χ1) is 20.9. The largest absolute Gasteiger partial charge is 0.542 e. The molecule has 10 nitrogen and oxygen atoms in total. The second kappa shape index (κ2) is 13.7. The molecule has 0 amide bonds. The Bertz CT molecular complexity index is 1480. The van der Waals surface area contributed by atoms with Crippen molar-refractivity contribution in [2.24, 2.45) is 5.92 Å². The van der Waals surface area contributed by atoms with Crippen LogP contribution in [0.5, 0.6) is 0 Å². The zero-order chi connectivity index (χ0) is 31.9. The van der Waals surface area contributed by atoms with Gasteiger partial charge in [0.25, 0.3) is 5.69 Å². The van der Waals surface area contributed by atoms with Crippen LogP contribution in [0.3, 0.4) is 0 Å². The molecule has 3 aromatic rings. The molecule has 0 saturated carbocycles. The van der Waals surface area contributed by atoms with E-state index in [0.29, 0.717) is 16.6 Å². The summed E-state index contributed by atoms with van der Waals surface area (Å²) in [5, 5.41) is 23.2. The number of nitro benzene ring substituents is 1.